The highest BCUT2D eigenvalue weighted by molar-refractivity contribution is 6.63. The van der Waals surface area contributed by atoms with E-state index < -0.39 is 31.1 Å². The second kappa shape index (κ2) is 5.62. The van der Waals surface area contributed by atoms with E-state index in [1.165, 1.54) is 6.07 Å². The maximum absolute atomic E-state index is 12.4. The molecule has 1 fully saturated rings. The van der Waals surface area contributed by atoms with Crippen molar-refractivity contribution in [1.82, 2.24) is 0 Å². The van der Waals surface area contributed by atoms with Gasteiger partial charge in [0.2, 0.25) is 0 Å². The van der Waals surface area contributed by atoms with Crippen LogP contribution < -0.4 is 10.2 Å². The fourth-order valence-electron chi connectivity index (χ4n) is 1.96. The first kappa shape index (κ1) is 17.4. The first-order valence-electron chi connectivity index (χ1n) is 6.76. The van der Waals surface area contributed by atoms with E-state index in [0.717, 1.165) is 0 Å². The Balaban J connectivity index is 2.28. The van der Waals surface area contributed by atoms with E-state index in [1.807, 2.05) is 27.7 Å². The summed E-state index contributed by atoms with van der Waals surface area (Å²) < 4.78 is 53.7. The van der Waals surface area contributed by atoms with Gasteiger partial charge in [0, 0.05) is 10.5 Å². The van der Waals surface area contributed by atoms with Crippen LogP contribution in [0.3, 0.4) is 0 Å². The summed E-state index contributed by atoms with van der Waals surface area (Å²) in [6.45, 7) is 6.04. The van der Waals surface area contributed by atoms with Crippen molar-refractivity contribution in [3.05, 3.63) is 23.2 Å². The molecule has 8 heteroatoms. The van der Waals surface area contributed by atoms with Gasteiger partial charge < -0.3 is 14.0 Å². The Labute approximate surface area is 132 Å². The second-order valence-corrected chi connectivity index (χ2v) is 6.61. The monoisotopic (exact) mass is 336 g/mol. The van der Waals surface area contributed by atoms with Gasteiger partial charge in [0.25, 0.3) is 0 Å². The van der Waals surface area contributed by atoms with Gasteiger partial charge in [0.15, 0.2) is 6.61 Å². The van der Waals surface area contributed by atoms with E-state index in [9.17, 15) is 13.2 Å². The van der Waals surface area contributed by atoms with Crippen LogP contribution in [-0.2, 0) is 9.31 Å². The highest BCUT2D eigenvalue weighted by Gasteiger charge is 2.52. The fraction of sp³-hybridized carbons (Fsp3) is 0.571. The first-order valence-corrected chi connectivity index (χ1v) is 7.14. The maximum Gasteiger partial charge on any atom is 0.498 e. The summed E-state index contributed by atoms with van der Waals surface area (Å²) in [5.41, 5.74) is -0.815. The predicted octanol–water partition coefficient (Wildman–Crippen LogP) is 3.58. The van der Waals surface area contributed by atoms with Crippen LogP contribution in [-0.4, -0.2) is 31.1 Å². The van der Waals surface area contributed by atoms with Crippen molar-refractivity contribution in [3.63, 3.8) is 0 Å². The molecule has 0 radical (unpaired) electrons. The molecule has 0 N–H and O–H groups in total. The summed E-state index contributed by atoms with van der Waals surface area (Å²) in [6, 6.07) is 4.44. The van der Waals surface area contributed by atoms with Gasteiger partial charge in [-0.1, -0.05) is 17.7 Å². The molecule has 2 rings (SSSR count). The topological polar surface area (TPSA) is 27.7 Å². The zero-order chi connectivity index (χ0) is 16.8. The van der Waals surface area contributed by atoms with E-state index in [0.29, 0.717) is 5.46 Å². The largest absolute Gasteiger partial charge is 0.498 e. The Morgan fingerprint density at radius 2 is 1.68 bits per heavy atom. The Hall–Kier alpha value is -0.915. The smallest absolute Gasteiger partial charge is 0.484 e. The van der Waals surface area contributed by atoms with Crippen molar-refractivity contribution in [2.75, 3.05) is 6.61 Å². The van der Waals surface area contributed by atoms with Crippen LogP contribution in [0.5, 0.6) is 5.75 Å². The molecular weight excluding hydrogens is 319 g/mol. The third kappa shape index (κ3) is 3.70. The van der Waals surface area contributed by atoms with Crippen LogP contribution in [0, 0.1) is 0 Å². The van der Waals surface area contributed by atoms with Crippen LogP contribution in [0.4, 0.5) is 13.2 Å². The van der Waals surface area contributed by atoms with E-state index in [4.69, 9.17) is 25.6 Å². The van der Waals surface area contributed by atoms with Crippen LogP contribution >= 0.6 is 11.6 Å². The van der Waals surface area contributed by atoms with Crippen LogP contribution in [0.15, 0.2) is 18.2 Å². The number of hydrogen-bond acceptors (Lipinski definition) is 3. The molecule has 1 aliphatic heterocycles. The summed E-state index contributed by atoms with van der Waals surface area (Å²) in [5.74, 6) is 0.00308. The van der Waals surface area contributed by atoms with E-state index >= 15 is 0 Å². The molecule has 0 saturated carbocycles. The SMILES string of the molecule is CC1(C)OB(c2ccc(Cl)cc2OCC(F)(F)F)OC1(C)C. The van der Waals surface area contributed by atoms with Crippen LogP contribution in [0.25, 0.3) is 0 Å². The molecule has 0 unspecified atom stereocenters. The van der Waals surface area contributed by atoms with E-state index in [2.05, 4.69) is 0 Å². The molecule has 22 heavy (non-hydrogen) atoms. The number of rotatable bonds is 3. The molecule has 1 aromatic carbocycles. The molecule has 0 spiro atoms. The van der Waals surface area contributed by atoms with Gasteiger partial charge in [-0.25, -0.2) is 0 Å². The van der Waals surface area contributed by atoms with Crippen molar-refractivity contribution < 1.29 is 27.2 Å². The lowest BCUT2D eigenvalue weighted by Gasteiger charge is -2.32. The quantitative estimate of drug-likeness (QED) is 0.790. The summed E-state index contributed by atoms with van der Waals surface area (Å²) in [6.07, 6.45) is -4.44. The number of benzene rings is 1. The molecule has 0 aromatic heterocycles. The van der Waals surface area contributed by atoms with Crippen molar-refractivity contribution >= 4 is 24.2 Å². The third-order valence-corrected chi connectivity index (χ3v) is 4.11. The molecule has 0 bridgehead atoms. The Bertz CT molecular complexity index is 545. The van der Waals surface area contributed by atoms with E-state index in [-0.39, 0.29) is 10.8 Å². The molecular formula is C14H17BClF3O3. The molecule has 3 nitrogen and oxygen atoms in total. The molecule has 1 aliphatic rings. The number of alkyl halides is 3. The van der Waals surface area contributed by atoms with Gasteiger partial charge in [-0.2, -0.15) is 13.2 Å². The van der Waals surface area contributed by atoms with Gasteiger partial charge in [0.05, 0.1) is 11.2 Å². The molecule has 1 heterocycles. The average Bonchev–Trinajstić information content (AvgIpc) is 2.55. The molecule has 0 atom stereocenters. The van der Waals surface area contributed by atoms with Gasteiger partial charge in [0.1, 0.15) is 5.75 Å². The highest BCUT2D eigenvalue weighted by atomic mass is 35.5. The van der Waals surface area contributed by atoms with Crippen molar-refractivity contribution in [2.45, 2.75) is 45.1 Å². The summed E-state index contributed by atoms with van der Waals surface area (Å²) >= 11 is 5.84. The second-order valence-electron chi connectivity index (χ2n) is 6.17. The zero-order valence-electron chi connectivity index (χ0n) is 12.8. The Morgan fingerprint density at radius 3 is 2.18 bits per heavy atom. The fourth-order valence-corrected chi connectivity index (χ4v) is 2.12. The van der Waals surface area contributed by atoms with Crippen LogP contribution in [0.1, 0.15) is 27.7 Å². The lowest BCUT2D eigenvalue weighted by atomic mass is 9.78. The third-order valence-electron chi connectivity index (χ3n) is 3.87. The lowest BCUT2D eigenvalue weighted by molar-refractivity contribution is -0.153. The number of halogens is 4. The van der Waals surface area contributed by atoms with Crippen molar-refractivity contribution in [2.24, 2.45) is 0 Å². The predicted molar refractivity (Wildman–Crippen MR) is 78.7 cm³/mol. The normalized spacial score (nSPS) is 20.3. The first-order chi connectivity index (χ1) is 9.91. The number of ether oxygens (including phenoxy) is 1. The average molecular weight is 337 g/mol. The zero-order valence-corrected chi connectivity index (χ0v) is 13.5. The minimum absolute atomic E-state index is 0.00308. The van der Waals surface area contributed by atoms with Crippen molar-refractivity contribution in [3.8, 4) is 5.75 Å². The molecule has 122 valence electrons. The Morgan fingerprint density at radius 1 is 1.14 bits per heavy atom. The minimum Gasteiger partial charge on any atom is -0.484 e. The minimum atomic E-state index is -4.44. The Kier molecular flexibility index (Phi) is 4.45. The van der Waals surface area contributed by atoms with Gasteiger partial charge in [-0.15, -0.1) is 0 Å². The van der Waals surface area contributed by atoms with Gasteiger partial charge >= 0.3 is 13.3 Å². The maximum atomic E-state index is 12.4. The van der Waals surface area contributed by atoms with Crippen LogP contribution in [0.2, 0.25) is 5.02 Å². The molecule has 0 aliphatic carbocycles. The molecule has 1 saturated heterocycles. The summed E-state index contributed by atoms with van der Waals surface area (Å²) in [4.78, 5) is 0. The highest BCUT2D eigenvalue weighted by Crippen LogP contribution is 2.37. The van der Waals surface area contributed by atoms with Gasteiger partial charge in [-0.3, -0.25) is 0 Å². The molecule has 1 aromatic rings. The van der Waals surface area contributed by atoms with E-state index in [1.54, 1.807) is 12.1 Å². The standard InChI is InChI=1S/C14H17BClF3O3/c1-12(2)13(3,4)22-15(21-12)10-6-5-9(16)7-11(10)20-8-14(17,18)19/h5-7H,8H2,1-4H3. The summed E-state index contributed by atoms with van der Waals surface area (Å²) in [5, 5.41) is 0.275. The lowest BCUT2D eigenvalue weighted by Crippen LogP contribution is -2.41. The summed E-state index contributed by atoms with van der Waals surface area (Å²) in [7, 11) is -0.814. The van der Waals surface area contributed by atoms with Crippen molar-refractivity contribution in [1.29, 1.82) is 0 Å². The number of hydrogen-bond donors (Lipinski definition) is 0. The van der Waals surface area contributed by atoms with Gasteiger partial charge in [-0.05, 0) is 39.8 Å². The molecule has 0 amide bonds.